The van der Waals surface area contributed by atoms with E-state index in [9.17, 15) is 9.59 Å². The minimum atomic E-state index is -0.0463. The fourth-order valence-corrected chi connectivity index (χ4v) is 5.71. The molecule has 0 spiro atoms. The van der Waals surface area contributed by atoms with Crippen LogP contribution in [-0.4, -0.2) is 27.8 Å². The highest BCUT2D eigenvalue weighted by atomic mass is 32.1. The summed E-state index contributed by atoms with van der Waals surface area (Å²) in [7, 11) is 0. The van der Waals surface area contributed by atoms with Crippen molar-refractivity contribution >= 4 is 28.8 Å². The molecule has 5 rings (SSSR count). The van der Waals surface area contributed by atoms with Gasteiger partial charge in [-0.3, -0.25) is 9.59 Å². The Hall–Kier alpha value is -2.66. The van der Waals surface area contributed by atoms with Gasteiger partial charge in [0.2, 0.25) is 0 Å². The van der Waals surface area contributed by atoms with Crippen LogP contribution in [0.1, 0.15) is 69.5 Å². The van der Waals surface area contributed by atoms with Crippen molar-refractivity contribution in [3.8, 4) is 6.07 Å². The largest absolute Gasteiger partial charge is 0.383 e. The number of hydrogen-bond donors (Lipinski definition) is 2. The van der Waals surface area contributed by atoms with E-state index >= 15 is 0 Å². The Morgan fingerprint density at radius 2 is 2.10 bits per heavy atom. The van der Waals surface area contributed by atoms with Gasteiger partial charge in [-0.1, -0.05) is 0 Å². The average Bonchev–Trinajstić information content (AvgIpc) is 3.66. The number of fused-ring (bicyclic) bond motifs is 1. The van der Waals surface area contributed by atoms with Crippen LogP contribution in [0.15, 0.2) is 6.33 Å². The summed E-state index contributed by atoms with van der Waals surface area (Å²) in [6.45, 7) is 0.711. The van der Waals surface area contributed by atoms with Crippen molar-refractivity contribution in [3.63, 3.8) is 0 Å². The van der Waals surface area contributed by atoms with Gasteiger partial charge in [0.1, 0.15) is 17.7 Å². The van der Waals surface area contributed by atoms with Crippen LogP contribution in [0.2, 0.25) is 0 Å². The Labute approximate surface area is 179 Å². The van der Waals surface area contributed by atoms with Gasteiger partial charge in [0.05, 0.1) is 11.9 Å². The second kappa shape index (κ2) is 7.55. The number of hydrogen-bond acceptors (Lipinski definition) is 6. The van der Waals surface area contributed by atoms with Crippen molar-refractivity contribution < 1.29 is 9.59 Å². The predicted molar refractivity (Wildman–Crippen MR) is 113 cm³/mol. The SMILES string of the molecule is N#Cc1ncn([C@H]2CCc3sc(CC(=O)C4CC4)c(C(=O)NCC4CC4)c3C2)c1N. The minimum Gasteiger partial charge on any atom is -0.383 e. The summed E-state index contributed by atoms with van der Waals surface area (Å²) in [5.41, 5.74) is 8.13. The van der Waals surface area contributed by atoms with E-state index in [1.54, 1.807) is 17.7 Å². The van der Waals surface area contributed by atoms with Gasteiger partial charge in [-0.2, -0.15) is 5.26 Å². The first-order valence-corrected chi connectivity index (χ1v) is 11.5. The van der Waals surface area contributed by atoms with Crippen LogP contribution in [0, 0.1) is 23.2 Å². The molecule has 30 heavy (non-hydrogen) atoms. The Bertz CT molecular complexity index is 1050. The molecular formula is C22H25N5O2S. The van der Waals surface area contributed by atoms with E-state index in [2.05, 4.69) is 10.3 Å². The number of aryl methyl sites for hydroxylation is 1. The molecule has 8 heteroatoms. The van der Waals surface area contributed by atoms with E-state index in [1.807, 2.05) is 10.6 Å². The van der Waals surface area contributed by atoms with E-state index in [0.717, 1.165) is 36.1 Å². The van der Waals surface area contributed by atoms with Gasteiger partial charge in [0.25, 0.3) is 5.91 Å². The number of Topliss-reactive ketones (excluding diaryl/α,β-unsaturated/α-hetero) is 1. The number of carbonyl (C=O) groups is 2. The molecular weight excluding hydrogens is 398 g/mol. The number of nitrogens with zero attached hydrogens (tertiary/aromatic N) is 3. The Morgan fingerprint density at radius 1 is 1.30 bits per heavy atom. The highest BCUT2D eigenvalue weighted by Gasteiger charge is 2.35. The van der Waals surface area contributed by atoms with Crippen molar-refractivity contribution in [3.05, 3.63) is 32.9 Å². The predicted octanol–water partition coefficient (Wildman–Crippen LogP) is 2.79. The molecule has 2 aromatic rings. The normalized spacial score (nSPS) is 20.4. The summed E-state index contributed by atoms with van der Waals surface area (Å²) in [6, 6.07) is 2.08. The molecule has 3 aliphatic carbocycles. The summed E-state index contributed by atoms with van der Waals surface area (Å²) in [4.78, 5) is 31.9. The van der Waals surface area contributed by atoms with Gasteiger partial charge in [-0.15, -0.1) is 11.3 Å². The number of nitrogens with one attached hydrogen (secondary N) is 1. The summed E-state index contributed by atoms with van der Waals surface area (Å²) in [5.74, 6) is 1.39. The molecule has 0 unspecified atom stereocenters. The van der Waals surface area contributed by atoms with Crippen LogP contribution >= 0.6 is 11.3 Å². The molecule has 2 heterocycles. The van der Waals surface area contributed by atoms with Gasteiger partial charge < -0.3 is 15.6 Å². The minimum absolute atomic E-state index is 0.0463. The number of aromatic nitrogens is 2. The highest BCUT2D eigenvalue weighted by molar-refractivity contribution is 7.12. The first kappa shape index (κ1) is 19.3. The second-order valence-electron chi connectivity index (χ2n) is 8.77. The maximum atomic E-state index is 13.2. The van der Waals surface area contributed by atoms with Gasteiger partial charge in [0.15, 0.2) is 5.69 Å². The van der Waals surface area contributed by atoms with E-state index in [0.29, 0.717) is 36.7 Å². The molecule has 2 fully saturated rings. The molecule has 1 amide bonds. The molecule has 0 bridgehead atoms. The van der Waals surface area contributed by atoms with Crippen LogP contribution in [0.4, 0.5) is 5.82 Å². The quantitative estimate of drug-likeness (QED) is 0.711. The average molecular weight is 424 g/mol. The maximum absolute atomic E-state index is 13.2. The van der Waals surface area contributed by atoms with E-state index < -0.39 is 0 Å². The molecule has 2 saturated carbocycles. The third-order valence-electron chi connectivity index (χ3n) is 6.48. The van der Waals surface area contributed by atoms with Gasteiger partial charge in [0, 0.05) is 34.7 Å². The van der Waals surface area contributed by atoms with Crippen LogP contribution in [0.5, 0.6) is 0 Å². The third kappa shape index (κ3) is 3.63. The number of thiophene rings is 1. The summed E-state index contributed by atoms with van der Waals surface area (Å²) < 4.78 is 1.86. The smallest absolute Gasteiger partial charge is 0.252 e. The summed E-state index contributed by atoms with van der Waals surface area (Å²) >= 11 is 1.63. The third-order valence-corrected chi connectivity index (χ3v) is 7.77. The molecule has 2 aromatic heterocycles. The number of nitriles is 1. The standard InChI is InChI=1S/C22H25N5O2S/c23-9-16-21(24)27(11-26-16)14-5-6-18-15(7-14)20(22(29)25-10-12-1-2-12)19(30-18)8-17(28)13-3-4-13/h11-14H,1-8,10,24H2,(H,25,29)/t14-/m0/s1. The topological polar surface area (TPSA) is 114 Å². The zero-order valence-corrected chi connectivity index (χ0v) is 17.6. The van der Waals surface area contributed by atoms with E-state index in [-0.39, 0.29) is 29.3 Å². The van der Waals surface area contributed by atoms with Crippen LogP contribution < -0.4 is 11.1 Å². The zero-order valence-electron chi connectivity index (χ0n) is 16.8. The number of anilines is 1. The lowest BCUT2D eigenvalue weighted by atomic mass is 9.89. The number of nitrogens with two attached hydrogens (primary N) is 1. The Balaban J connectivity index is 1.45. The van der Waals surface area contributed by atoms with Crippen molar-refractivity contribution in [1.29, 1.82) is 5.26 Å². The van der Waals surface area contributed by atoms with Gasteiger partial charge in [-0.25, -0.2) is 4.98 Å². The zero-order chi connectivity index (χ0) is 20.8. The first-order valence-electron chi connectivity index (χ1n) is 10.7. The number of amides is 1. The van der Waals surface area contributed by atoms with Crippen LogP contribution in [-0.2, 0) is 24.1 Å². The van der Waals surface area contributed by atoms with E-state index in [4.69, 9.17) is 11.0 Å². The van der Waals surface area contributed by atoms with Crippen molar-refractivity contribution in [2.24, 2.45) is 11.8 Å². The number of nitrogen functional groups attached to an aromatic ring is 1. The lowest BCUT2D eigenvalue weighted by molar-refractivity contribution is -0.119. The number of rotatable bonds is 7. The monoisotopic (exact) mass is 423 g/mol. The Kier molecular flexibility index (Phi) is 4.86. The number of carbonyl (C=O) groups excluding carboxylic acids is 2. The molecule has 156 valence electrons. The van der Waals surface area contributed by atoms with E-state index in [1.165, 1.54) is 17.7 Å². The number of imidazole rings is 1. The van der Waals surface area contributed by atoms with Crippen LogP contribution in [0.3, 0.4) is 0 Å². The Morgan fingerprint density at radius 3 is 2.77 bits per heavy atom. The lowest BCUT2D eigenvalue weighted by Gasteiger charge is -2.25. The molecule has 7 nitrogen and oxygen atoms in total. The first-order chi connectivity index (χ1) is 14.5. The molecule has 0 saturated heterocycles. The number of ketones is 1. The summed E-state index contributed by atoms with van der Waals surface area (Å²) in [6.07, 6.45) is 8.69. The second-order valence-corrected chi connectivity index (χ2v) is 9.96. The molecule has 0 aliphatic heterocycles. The highest BCUT2D eigenvalue weighted by Crippen LogP contribution is 2.41. The molecule has 3 N–H and O–H groups in total. The lowest BCUT2D eigenvalue weighted by Crippen LogP contribution is -2.28. The van der Waals surface area contributed by atoms with Gasteiger partial charge >= 0.3 is 0 Å². The molecule has 0 aromatic carbocycles. The fourth-order valence-electron chi connectivity index (χ4n) is 4.35. The fraction of sp³-hybridized carbons (Fsp3) is 0.545. The summed E-state index contributed by atoms with van der Waals surface area (Å²) in [5, 5.41) is 12.3. The van der Waals surface area contributed by atoms with Crippen molar-refractivity contribution in [2.45, 2.75) is 57.4 Å². The molecule has 1 atom stereocenters. The van der Waals surface area contributed by atoms with Crippen LogP contribution in [0.25, 0.3) is 0 Å². The van der Waals surface area contributed by atoms with Crippen molar-refractivity contribution in [1.82, 2.24) is 14.9 Å². The van der Waals surface area contributed by atoms with Crippen molar-refractivity contribution in [2.75, 3.05) is 12.3 Å². The maximum Gasteiger partial charge on any atom is 0.252 e. The van der Waals surface area contributed by atoms with Gasteiger partial charge in [-0.05, 0) is 56.4 Å². The molecule has 0 radical (unpaired) electrons. The molecule has 3 aliphatic rings.